The molecule has 32 heavy (non-hydrogen) atoms. The van der Waals surface area contributed by atoms with Gasteiger partial charge >= 0.3 is 6.09 Å². The zero-order valence-electron chi connectivity index (χ0n) is 18.7. The highest BCUT2D eigenvalue weighted by atomic mass is 16.6. The number of pyridine rings is 1. The average molecular weight is 442 g/mol. The Kier molecular flexibility index (Phi) is 6.34. The number of nitrogens with one attached hydrogen (secondary N) is 1. The van der Waals surface area contributed by atoms with Crippen LogP contribution in [0.5, 0.6) is 0 Å². The molecule has 0 bridgehead atoms. The number of nitrogens with zero attached hydrogens (tertiary/aromatic N) is 3. The van der Waals surface area contributed by atoms with Gasteiger partial charge in [0, 0.05) is 31.4 Å². The second-order valence-corrected chi connectivity index (χ2v) is 9.48. The molecule has 9 nitrogen and oxygen atoms in total. The van der Waals surface area contributed by atoms with Crippen LogP contribution in [0.15, 0.2) is 28.9 Å². The highest BCUT2D eigenvalue weighted by Crippen LogP contribution is 2.49. The summed E-state index contributed by atoms with van der Waals surface area (Å²) in [6.07, 6.45) is 6.69. The molecule has 0 aromatic carbocycles. The number of rotatable bonds is 7. The number of carbonyl (C=O) groups excluding carboxylic acids is 2. The van der Waals surface area contributed by atoms with Crippen LogP contribution in [-0.2, 0) is 17.8 Å². The summed E-state index contributed by atoms with van der Waals surface area (Å²) in [5.41, 5.74) is 6.71. The molecule has 9 heteroatoms. The van der Waals surface area contributed by atoms with Crippen molar-refractivity contribution >= 4 is 17.8 Å². The maximum atomic E-state index is 12.1. The van der Waals surface area contributed by atoms with Crippen molar-refractivity contribution in [2.45, 2.75) is 58.6 Å². The van der Waals surface area contributed by atoms with E-state index in [1.54, 1.807) is 0 Å². The quantitative estimate of drug-likeness (QED) is 0.677. The maximum absolute atomic E-state index is 12.1. The van der Waals surface area contributed by atoms with Crippen LogP contribution in [0.3, 0.4) is 0 Å². The average Bonchev–Trinajstić information content (AvgIpc) is 3.21. The fraction of sp³-hybridized carbons (Fsp3) is 0.565. The standard InChI is InChI=1S/C23H31N5O4/c1-15(2)9-16-3-4-20(25-13-16)28-7-5-23(6-8-28)11-17(12-23)26-22(30)31-14-18-10-19(21(24)29)27-32-18/h3-4,10,13,15,17H,5-9,11-12,14H2,1-2H3,(H2,24,29)(H,26,30). The van der Waals surface area contributed by atoms with Gasteiger partial charge in [-0.1, -0.05) is 25.1 Å². The third kappa shape index (κ3) is 5.20. The minimum Gasteiger partial charge on any atom is -0.441 e. The smallest absolute Gasteiger partial charge is 0.407 e. The fourth-order valence-electron chi connectivity index (χ4n) is 4.74. The number of aromatic nitrogens is 2. The summed E-state index contributed by atoms with van der Waals surface area (Å²) in [5, 5.41) is 6.42. The predicted molar refractivity (Wildman–Crippen MR) is 118 cm³/mol. The van der Waals surface area contributed by atoms with E-state index >= 15 is 0 Å². The van der Waals surface area contributed by atoms with Gasteiger partial charge in [0.15, 0.2) is 18.1 Å². The van der Waals surface area contributed by atoms with E-state index < -0.39 is 12.0 Å². The lowest BCUT2D eigenvalue weighted by atomic mass is 9.60. The molecule has 2 aromatic heterocycles. The van der Waals surface area contributed by atoms with Crippen molar-refractivity contribution in [2.24, 2.45) is 17.1 Å². The van der Waals surface area contributed by atoms with E-state index in [0.29, 0.717) is 11.3 Å². The number of primary amides is 1. The minimum atomic E-state index is -0.686. The largest absolute Gasteiger partial charge is 0.441 e. The first kappa shape index (κ1) is 22.1. The molecule has 4 rings (SSSR count). The van der Waals surface area contributed by atoms with E-state index in [4.69, 9.17) is 15.0 Å². The minimum absolute atomic E-state index is 0.0120. The number of hydrogen-bond acceptors (Lipinski definition) is 7. The van der Waals surface area contributed by atoms with Gasteiger partial charge in [-0.05, 0) is 55.1 Å². The normalized spacial score (nSPS) is 17.9. The van der Waals surface area contributed by atoms with Crippen LogP contribution >= 0.6 is 0 Å². The molecule has 0 unspecified atom stereocenters. The second kappa shape index (κ2) is 9.18. The monoisotopic (exact) mass is 441 g/mol. The molecule has 2 aromatic rings. The molecule has 2 fully saturated rings. The topological polar surface area (TPSA) is 124 Å². The van der Waals surface area contributed by atoms with Crippen LogP contribution in [0.4, 0.5) is 10.6 Å². The lowest BCUT2D eigenvalue weighted by Crippen LogP contribution is -2.55. The summed E-state index contributed by atoms with van der Waals surface area (Å²) in [7, 11) is 0. The van der Waals surface area contributed by atoms with Crippen molar-refractivity contribution in [2.75, 3.05) is 18.0 Å². The number of alkyl carbamates (subject to hydrolysis) is 1. The first-order valence-corrected chi connectivity index (χ1v) is 11.2. The summed E-state index contributed by atoms with van der Waals surface area (Å²) in [6.45, 7) is 6.32. The summed E-state index contributed by atoms with van der Waals surface area (Å²) < 4.78 is 10.1. The zero-order valence-corrected chi connectivity index (χ0v) is 18.7. The van der Waals surface area contributed by atoms with Gasteiger partial charge < -0.3 is 25.2 Å². The Morgan fingerprint density at radius 1 is 1.31 bits per heavy atom. The first-order valence-electron chi connectivity index (χ1n) is 11.2. The molecule has 1 saturated heterocycles. The van der Waals surface area contributed by atoms with Crippen molar-refractivity contribution < 1.29 is 18.8 Å². The second-order valence-electron chi connectivity index (χ2n) is 9.48. The van der Waals surface area contributed by atoms with E-state index in [1.807, 2.05) is 6.20 Å². The van der Waals surface area contributed by atoms with Gasteiger partial charge in [0.25, 0.3) is 5.91 Å². The van der Waals surface area contributed by atoms with Crippen LogP contribution in [0.1, 0.15) is 61.3 Å². The van der Waals surface area contributed by atoms with Crippen molar-refractivity contribution in [1.29, 1.82) is 0 Å². The summed E-state index contributed by atoms with van der Waals surface area (Å²) >= 11 is 0. The van der Waals surface area contributed by atoms with Gasteiger partial charge in [-0.2, -0.15) is 0 Å². The zero-order chi connectivity index (χ0) is 22.7. The Morgan fingerprint density at radius 2 is 2.06 bits per heavy atom. The number of hydrogen-bond donors (Lipinski definition) is 2. The lowest BCUT2D eigenvalue weighted by molar-refractivity contribution is 0.0457. The van der Waals surface area contributed by atoms with Crippen LogP contribution in [0, 0.1) is 11.3 Å². The molecule has 1 aliphatic heterocycles. The Labute approximate surface area is 187 Å². The van der Waals surface area contributed by atoms with Gasteiger partial charge in [0.1, 0.15) is 5.82 Å². The Balaban J connectivity index is 1.17. The molecule has 2 aliphatic rings. The molecular formula is C23H31N5O4. The number of anilines is 1. The Hall–Kier alpha value is -3.10. The SMILES string of the molecule is CC(C)Cc1ccc(N2CCC3(CC2)CC(NC(=O)OCc2cc(C(N)=O)no2)C3)nc1. The van der Waals surface area contributed by atoms with Crippen LogP contribution < -0.4 is 16.0 Å². The number of carbonyl (C=O) groups is 2. The Bertz CT molecular complexity index is 940. The van der Waals surface area contributed by atoms with E-state index in [-0.39, 0.29) is 24.1 Å². The molecular weight excluding hydrogens is 410 g/mol. The molecule has 1 aliphatic carbocycles. The van der Waals surface area contributed by atoms with Crippen LogP contribution in [0.25, 0.3) is 0 Å². The molecule has 3 heterocycles. The third-order valence-corrected chi connectivity index (χ3v) is 6.44. The van der Waals surface area contributed by atoms with E-state index in [2.05, 4.69) is 46.3 Å². The summed E-state index contributed by atoms with van der Waals surface area (Å²) in [6, 6.07) is 5.82. The van der Waals surface area contributed by atoms with Gasteiger partial charge in [-0.3, -0.25) is 4.79 Å². The number of amides is 2. The molecule has 1 spiro atoms. The number of nitrogens with two attached hydrogens (primary N) is 1. The summed E-state index contributed by atoms with van der Waals surface area (Å²) in [5.74, 6) is 1.27. The molecule has 1 saturated carbocycles. The highest BCUT2D eigenvalue weighted by Gasteiger charge is 2.46. The van der Waals surface area contributed by atoms with E-state index in [9.17, 15) is 9.59 Å². The number of piperidine rings is 1. The van der Waals surface area contributed by atoms with E-state index in [0.717, 1.165) is 51.0 Å². The Morgan fingerprint density at radius 3 is 2.66 bits per heavy atom. The summed E-state index contributed by atoms with van der Waals surface area (Å²) in [4.78, 5) is 30.1. The van der Waals surface area contributed by atoms with Crippen molar-refractivity contribution in [1.82, 2.24) is 15.5 Å². The van der Waals surface area contributed by atoms with E-state index in [1.165, 1.54) is 11.6 Å². The van der Waals surface area contributed by atoms with Gasteiger partial charge in [-0.15, -0.1) is 0 Å². The first-order chi connectivity index (χ1) is 15.3. The highest BCUT2D eigenvalue weighted by molar-refractivity contribution is 5.90. The van der Waals surface area contributed by atoms with Gasteiger partial charge in [-0.25, -0.2) is 9.78 Å². The van der Waals surface area contributed by atoms with Gasteiger partial charge in [0.2, 0.25) is 0 Å². The molecule has 0 radical (unpaired) electrons. The van der Waals surface area contributed by atoms with Crippen molar-refractivity contribution in [3.63, 3.8) is 0 Å². The molecule has 172 valence electrons. The fourth-order valence-corrected chi connectivity index (χ4v) is 4.74. The van der Waals surface area contributed by atoms with Crippen LogP contribution in [-0.4, -0.2) is 41.3 Å². The number of ether oxygens (including phenoxy) is 1. The molecule has 2 amide bonds. The maximum Gasteiger partial charge on any atom is 0.407 e. The van der Waals surface area contributed by atoms with Crippen LogP contribution in [0.2, 0.25) is 0 Å². The van der Waals surface area contributed by atoms with Gasteiger partial charge in [0.05, 0.1) is 0 Å². The lowest BCUT2D eigenvalue weighted by Gasteiger charge is -2.52. The van der Waals surface area contributed by atoms with Crippen molar-refractivity contribution in [3.05, 3.63) is 41.4 Å². The predicted octanol–water partition coefficient (Wildman–Crippen LogP) is 3.04. The molecule has 0 atom stereocenters. The van der Waals surface area contributed by atoms with Crippen molar-refractivity contribution in [3.8, 4) is 0 Å². The third-order valence-electron chi connectivity index (χ3n) is 6.44. The molecule has 3 N–H and O–H groups in total.